The van der Waals surface area contributed by atoms with Gasteiger partial charge in [0.05, 0.1) is 5.52 Å². The maximum atomic E-state index is 12.2. The smallest absolute Gasteiger partial charge is 0.288 e. The number of nitrogens with zero attached hydrogens (tertiary/aromatic N) is 1. The summed E-state index contributed by atoms with van der Waals surface area (Å²) in [7, 11) is 0. The predicted molar refractivity (Wildman–Crippen MR) is 108 cm³/mol. The summed E-state index contributed by atoms with van der Waals surface area (Å²) in [5, 5.41) is 5.07. The summed E-state index contributed by atoms with van der Waals surface area (Å²) in [6, 6.07) is 18.8. The number of thiocarbonyl (C=S) groups is 1. The van der Waals surface area contributed by atoms with Crippen LogP contribution >= 0.6 is 23.8 Å². The second kappa shape index (κ2) is 8.60. The van der Waals surface area contributed by atoms with Crippen molar-refractivity contribution in [1.82, 2.24) is 21.2 Å². The molecule has 0 unspecified atom stereocenters. The van der Waals surface area contributed by atoms with Gasteiger partial charge in [-0.15, -0.1) is 0 Å². The van der Waals surface area contributed by atoms with Crippen LogP contribution in [0.5, 0.6) is 0 Å². The van der Waals surface area contributed by atoms with Crippen LogP contribution in [0.4, 0.5) is 0 Å². The van der Waals surface area contributed by atoms with Gasteiger partial charge in [0, 0.05) is 17.0 Å². The van der Waals surface area contributed by atoms with E-state index in [0.717, 1.165) is 22.9 Å². The number of amides is 1. The number of halogens is 1. The highest BCUT2D eigenvalue weighted by Gasteiger charge is 2.08. The lowest BCUT2D eigenvalue weighted by atomic mass is 10.1. The van der Waals surface area contributed by atoms with Crippen molar-refractivity contribution in [1.29, 1.82) is 0 Å². The minimum Gasteiger partial charge on any atom is -0.361 e. The van der Waals surface area contributed by atoms with Crippen molar-refractivity contribution >= 4 is 45.7 Å². The van der Waals surface area contributed by atoms with Crippen molar-refractivity contribution in [2.75, 3.05) is 6.54 Å². The van der Waals surface area contributed by atoms with E-state index in [1.807, 2.05) is 54.6 Å². The molecule has 5 nitrogen and oxygen atoms in total. The molecule has 0 radical (unpaired) electrons. The fraction of sp³-hybridized carbons (Fsp3) is 0.105. The van der Waals surface area contributed by atoms with Gasteiger partial charge in [0.15, 0.2) is 5.11 Å². The number of aromatic nitrogens is 1. The molecular formula is C19H17ClN4OS. The molecule has 3 aromatic rings. The van der Waals surface area contributed by atoms with Crippen molar-refractivity contribution in [3.8, 4) is 0 Å². The Hall–Kier alpha value is -2.70. The molecule has 0 aliphatic heterocycles. The second-order valence-electron chi connectivity index (χ2n) is 5.60. The van der Waals surface area contributed by atoms with Crippen LogP contribution in [0.15, 0.2) is 60.7 Å². The van der Waals surface area contributed by atoms with Crippen LogP contribution in [0.2, 0.25) is 5.02 Å². The highest BCUT2D eigenvalue weighted by molar-refractivity contribution is 7.80. The molecule has 0 spiro atoms. The topological polar surface area (TPSA) is 66.1 Å². The van der Waals surface area contributed by atoms with Crippen molar-refractivity contribution in [2.24, 2.45) is 0 Å². The van der Waals surface area contributed by atoms with Crippen LogP contribution in [-0.2, 0) is 6.42 Å². The lowest BCUT2D eigenvalue weighted by Gasteiger charge is -2.11. The van der Waals surface area contributed by atoms with E-state index >= 15 is 0 Å². The number of nitrogens with one attached hydrogen (secondary N) is 3. The fourth-order valence-corrected chi connectivity index (χ4v) is 2.66. The fourth-order valence-electron chi connectivity index (χ4n) is 2.39. The van der Waals surface area contributed by atoms with Crippen LogP contribution in [-0.4, -0.2) is 22.5 Å². The van der Waals surface area contributed by atoms with Gasteiger partial charge in [-0.3, -0.25) is 15.6 Å². The number of benzene rings is 2. The minimum atomic E-state index is -0.349. The molecule has 7 heteroatoms. The number of hydrogen-bond donors (Lipinski definition) is 3. The molecule has 0 saturated heterocycles. The highest BCUT2D eigenvalue weighted by atomic mass is 35.5. The van der Waals surface area contributed by atoms with E-state index in [-0.39, 0.29) is 5.91 Å². The third-order valence-electron chi connectivity index (χ3n) is 3.73. The Balaban J connectivity index is 1.45. The second-order valence-corrected chi connectivity index (χ2v) is 6.45. The standard InChI is InChI=1S/C19H17ClN4OS/c20-15-8-5-13(6-9-15)11-12-21-19(26)24-23-18(25)17-10-7-14-3-1-2-4-16(14)22-17/h1-10H,11-12H2,(H,23,25)(H2,21,24,26). The summed E-state index contributed by atoms with van der Waals surface area (Å²) in [4.78, 5) is 16.5. The molecule has 3 N–H and O–H groups in total. The summed E-state index contributed by atoms with van der Waals surface area (Å²) < 4.78 is 0. The van der Waals surface area contributed by atoms with Crippen molar-refractivity contribution in [2.45, 2.75) is 6.42 Å². The Morgan fingerprint density at radius 3 is 2.58 bits per heavy atom. The summed E-state index contributed by atoms with van der Waals surface area (Å²) >= 11 is 11.0. The number of hydrogen-bond acceptors (Lipinski definition) is 3. The molecule has 0 saturated carbocycles. The van der Waals surface area contributed by atoms with Gasteiger partial charge in [0.2, 0.25) is 0 Å². The van der Waals surface area contributed by atoms with Gasteiger partial charge >= 0.3 is 0 Å². The number of carbonyl (C=O) groups is 1. The Morgan fingerprint density at radius 2 is 1.77 bits per heavy atom. The molecule has 26 heavy (non-hydrogen) atoms. The van der Waals surface area contributed by atoms with Gasteiger partial charge in [-0.1, -0.05) is 48.0 Å². The zero-order chi connectivity index (χ0) is 18.4. The average molecular weight is 385 g/mol. The largest absolute Gasteiger partial charge is 0.361 e. The van der Waals surface area contributed by atoms with E-state index in [9.17, 15) is 4.79 Å². The highest BCUT2D eigenvalue weighted by Crippen LogP contribution is 2.11. The minimum absolute atomic E-state index is 0.320. The number of fused-ring (bicyclic) bond motifs is 1. The lowest BCUT2D eigenvalue weighted by molar-refractivity contribution is 0.0939. The molecule has 3 rings (SSSR count). The molecule has 0 aliphatic carbocycles. The molecule has 0 fully saturated rings. The average Bonchev–Trinajstić information content (AvgIpc) is 2.67. The van der Waals surface area contributed by atoms with E-state index < -0.39 is 0 Å². The first-order valence-electron chi connectivity index (χ1n) is 8.06. The number of carbonyl (C=O) groups excluding carboxylic acids is 1. The molecule has 1 heterocycles. The van der Waals surface area contributed by atoms with Gasteiger partial charge in [0.25, 0.3) is 5.91 Å². The van der Waals surface area contributed by atoms with E-state index in [4.69, 9.17) is 23.8 Å². The lowest BCUT2D eigenvalue weighted by Crippen LogP contribution is -2.47. The maximum Gasteiger partial charge on any atom is 0.288 e. The zero-order valence-corrected chi connectivity index (χ0v) is 15.4. The number of hydrazine groups is 1. The number of pyridine rings is 1. The summed E-state index contributed by atoms with van der Waals surface area (Å²) in [6.07, 6.45) is 0.791. The molecule has 1 aromatic heterocycles. The molecule has 0 aliphatic rings. The van der Waals surface area contributed by atoms with Crippen LogP contribution in [0.25, 0.3) is 10.9 Å². The van der Waals surface area contributed by atoms with Crippen LogP contribution in [0.3, 0.4) is 0 Å². The monoisotopic (exact) mass is 384 g/mol. The first-order valence-corrected chi connectivity index (χ1v) is 8.85. The first-order chi connectivity index (χ1) is 12.6. The van der Waals surface area contributed by atoms with Gasteiger partial charge in [-0.25, -0.2) is 4.98 Å². The molecule has 0 bridgehead atoms. The maximum absolute atomic E-state index is 12.2. The van der Waals surface area contributed by atoms with Crippen molar-refractivity contribution in [3.05, 3.63) is 76.9 Å². The third kappa shape index (κ3) is 4.91. The summed E-state index contributed by atoms with van der Waals surface area (Å²) in [6.45, 7) is 0.636. The Kier molecular flexibility index (Phi) is 5.99. The zero-order valence-electron chi connectivity index (χ0n) is 13.8. The van der Waals surface area contributed by atoms with Crippen molar-refractivity contribution < 1.29 is 4.79 Å². The SMILES string of the molecule is O=C(NNC(=S)NCCc1ccc(Cl)cc1)c1ccc2ccccc2n1. The van der Waals surface area contributed by atoms with Gasteiger partial charge in [0.1, 0.15) is 5.69 Å². The third-order valence-corrected chi connectivity index (χ3v) is 4.23. The molecule has 1 amide bonds. The van der Waals surface area contributed by atoms with Crippen LogP contribution < -0.4 is 16.2 Å². The number of para-hydroxylation sites is 1. The van der Waals surface area contributed by atoms with Gasteiger partial charge in [-0.05, 0) is 48.5 Å². The Bertz CT molecular complexity index is 930. The molecule has 0 atom stereocenters. The van der Waals surface area contributed by atoms with Gasteiger partial charge < -0.3 is 5.32 Å². The quantitative estimate of drug-likeness (QED) is 0.476. The summed E-state index contributed by atoms with van der Waals surface area (Å²) in [5.41, 5.74) is 7.47. The molecule has 132 valence electrons. The first kappa shape index (κ1) is 18.1. The van der Waals surface area contributed by atoms with Crippen LogP contribution in [0, 0.1) is 0 Å². The number of rotatable bonds is 4. The summed E-state index contributed by atoms with van der Waals surface area (Å²) in [5.74, 6) is -0.349. The Morgan fingerprint density at radius 1 is 1.00 bits per heavy atom. The van der Waals surface area contributed by atoms with E-state index in [0.29, 0.717) is 22.4 Å². The van der Waals surface area contributed by atoms with Crippen LogP contribution in [0.1, 0.15) is 16.1 Å². The predicted octanol–water partition coefficient (Wildman–Crippen LogP) is 3.24. The molecule has 2 aromatic carbocycles. The van der Waals surface area contributed by atoms with Gasteiger partial charge in [-0.2, -0.15) is 0 Å². The van der Waals surface area contributed by atoms with E-state index in [1.54, 1.807) is 6.07 Å². The van der Waals surface area contributed by atoms with E-state index in [2.05, 4.69) is 21.2 Å². The Labute approximate surface area is 161 Å². The van der Waals surface area contributed by atoms with E-state index in [1.165, 1.54) is 0 Å². The van der Waals surface area contributed by atoms with Crippen molar-refractivity contribution in [3.63, 3.8) is 0 Å². The normalized spacial score (nSPS) is 10.3. The molecular weight excluding hydrogens is 368 g/mol.